The van der Waals surface area contributed by atoms with Crippen LogP contribution < -0.4 is 5.32 Å². The van der Waals surface area contributed by atoms with Crippen molar-refractivity contribution in [2.24, 2.45) is 0 Å². The number of aryl methyl sites for hydroxylation is 1. The Morgan fingerprint density at radius 2 is 2.18 bits per heavy atom. The van der Waals surface area contributed by atoms with E-state index < -0.39 is 0 Å². The molecule has 0 saturated carbocycles. The number of rotatable bonds is 6. The minimum atomic E-state index is -0.157. The average molecular weight is 322 g/mol. The van der Waals surface area contributed by atoms with E-state index in [4.69, 9.17) is 16.7 Å². The Balaban J connectivity index is 2.12. The predicted octanol–water partition coefficient (Wildman–Crippen LogP) is 2.65. The molecule has 0 bridgehead atoms. The largest absolute Gasteiger partial charge is 0.395 e. The Morgan fingerprint density at radius 1 is 1.41 bits per heavy atom. The number of benzene rings is 1. The van der Waals surface area contributed by atoms with Crippen molar-refractivity contribution in [2.45, 2.75) is 13.5 Å². The minimum absolute atomic E-state index is 0.0946. The van der Waals surface area contributed by atoms with Crippen molar-refractivity contribution in [1.82, 2.24) is 9.88 Å². The summed E-state index contributed by atoms with van der Waals surface area (Å²) < 4.78 is 0. The van der Waals surface area contributed by atoms with Crippen molar-refractivity contribution in [2.75, 3.05) is 25.5 Å². The van der Waals surface area contributed by atoms with Crippen LogP contribution in [0.25, 0.3) is 0 Å². The second-order valence-electron chi connectivity index (χ2n) is 5.27. The molecule has 0 aliphatic rings. The number of amides is 1. The predicted molar refractivity (Wildman–Crippen MR) is 88.4 cm³/mol. The van der Waals surface area contributed by atoms with Gasteiger partial charge in [-0.1, -0.05) is 11.6 Å². The molecule has 5 nitrogen and oxygen atoms in total. The highest BCUT2D eigenvalue weighted by atomic mass is 35.5. The molecule has 0 unspecified atom stereocenters. The van der Waals surface area contributed by atoms with Crippen molar-refractivity contribution < 1.29 is 9.90 Å². The normalized spacial score (nSPS) is 11.0. The van der Waals surface area contributed by atoms with Crippen molar-refractivity contribution in [3.8, 4) is 0 Å². The third-order valence-electron chi connectivity index (χ3n) is 3.42. The van der Waals surface area contributed by atoms with Gasteiger partial charge in [-0.3, -0.25) is 9.69 Å². The van der Waals surface area contributed by atoms with Crippen LogP contribution in [0.3, 0.4) is 0 Å². The van der Waals surface area contributed by atoms with Gasteiger partial charge in [-0.15, -0.1) is 0 Å². The molecule has 3 N–H and O–H groups in total. The number of hydrogen-bond acceptors (Lipinski definition) is 3. The number of likely N-dealkylation sites (N-methyl/N-ethyl adjacent to an activating group) is 1. The zero-order valence-electron chi connectivity index (χ0n) is 12.7. The number of aromatic nitrogens is 1. The van der Waals surface area contributed by atoms with Crippen LogP contribution in [0.4, 0.5) is 5.69 Å². The molecule has 0 saturated heterocycles. The lowest BCUT2D eigenvalue weighted by Gasteiger charge is -2.17. The monoisotopic (exact) mass is 321 g/mol. The summed E-state index contributed by atoms with van der Waals surface area (Å²) in [6.07, 6.45) is 3.46. The molecule has 1 aromatic heterocycles. The lowest BCUT2D eigenvalue weighted by Crippen LogP contribution is -2.21. The molecule has 0 radical (unpaired) electrons. The third kappa shape index (κ3) is 4.10. The number of nitrogens with zero attached hydrogens (tertiary/aromatic N) is 1. The number of aliphatic hydroxyl groups excluding tert-OH is 1. The zero-order valence-corrected chi connectivity index (χ0v) is 13.4. The summed E-state index contributed by atoms with van der Waals surface area (Å²) in [5, 5.41) is 12.5. The van der Waals surface area contributed by atoms with Gasteiger partial charge in [0, 0.05) is 36.2 Å². The lowest BCUT2D eigenvalue weighted by atomic mass is 10.1. The molecule has 1 aromatic carbocycles. The summed E-state index contributed by atoms with van der Waals surface area (Å²) >= 11 is 6.19. The Hall–Kier alpha value is -1.82. The number of carbonyl (C=O) groups is 1. The molecule has 2 rings (SSSR count). The highest BCUT2D eigenvalue weighted by molar-refractivity contribution is 6.31. The van der Waals surface area contributed by atoms with Gasteiger partial charge in [-0.05, 0) is 43.3 Å². The number of aliphatic hydroxyl groups is 1. The molecular formula is C16H20ClN3O2. The van der Waals surface area contributed by atoms with Gasteiger partial charge in [0.05, 0.1) is 12.2 Å². The molecule has 1 heterocycles. The van der Waals surface area contributed by atoms with Gasteiger partial charge in [0.1, 0.15) is 0 Å². The van der Waals surface area contributed by atoms with Gasteiger partial charge >= 0.3 is 0 Å². The second-order valence-corrected chi connectivity index (χ2v) is 5.68. The van der Waals surface area contributed by atoms with Crippen LogP contribution in [0, 0.1) is 6.92 Å². The minimum Gasteiger partial charge on any atom is -0.395 e. The Bertz CT molecular complexity index is 655. The lowest BCUT2D eigenvalue weighted by molar-refractivity contribution is 0.102. The van der Waals surface area contributed by atoms with Gasteiger partial charge < -0.3 is 15.4 Å². The topological polar surface area (TPSA) is 68.4 Å². The first-order chi connectivity index (χ1) is 10.5. The molecule has 2 aromatic rings. The summed E-state index contributed by atoms with van der Waals surface area (Å²) in [7, 11) is 1.90. The van der Waals surface area contributed by atoms with E-state index in [1.807, 2.05) is 24.9 Å². The molecule has 118 valence electrons. The molecular weight excluding hydrogens is 302 g/mol. The van der Waals surface area contributed by atoms with Gasteiger partial charge in [-0.2, -0.15) is 0 Å². The number of halogens is 1. The fourth-order valence-electron chi connectivity index (χ4n) is 2.20. The number of carbonyl (C=O) groups excluding carboxylic acids is 1. The SMILES string of the molecule is Cc1c[nH]cc1C(=O)Nc1ccc(Cl)c(CN(C)CCO)c1. The average Bonchev–Trinajstić information content (AvgIpc) is 2.89. The molecule has 22 heavy (non-hydrogen) atoms. The summed E-state index contributed by atoms with van der Waals surface area (Å²) in [6.45, 7) is 3.14. The van der Waals surface area contributed by atoms with Crippen LogP contribution in [0.1, 0.15) is 21.5 Å². The molecule has 0 fully saturated rings. The first-order valence-corrected chi connectivity index (χ1v) is 7.41. The summed E-state index contributed by atoms with van der Waals surface area (Å²) in [6, 6.07) is 5.40. The van der Waals surface area contributed by atoms with Gasteiger partial charge in [0.2, 0.25) is 0 Å². The van der Waals surface area contributed by atoms with E-state index in [2.05, 4.69) is 10.3 Å². The van der Waals surface area contributed by atoms with Crippen LogP contribution >= 0.6 is 11.6 Å². The van der Waals surface area contributed by atoms with E-state index in [0.717, 1.165) is 11.1 Å². The van der Waals surface area contributed by atoms with Crippen molar-refractivity contribution in [3.63, 3.8) is 0 Å². The fourth-order valence-corrected chi connectivity index (χ4v) is 2.38. The molecule has 0 aliphatic heterocycles. The summed E-state index contributed by atoms with van der Waals surface area (Å²) in [4.78, 5) is 17.1. The van der Waals surface area contributed by atoms with Gasteiger partial charge in [-0.25, -0.2) is 0 Å². The van der Waals surface area contributed by atoms with Gasteiger partial charge in [0.25, 0.3) is 5.91 Å². The first kappa shape index (κ1) is 16.5. The van der Waals surface area contributed by atoms with Gasteiger partial charge in [0.15, 0.2) is 0 Å². The molecule has 0 spiro atoms. The van der Waals surface area contributed by atoms with Crippen molar-refractivity contribution in [1.29, 1.82) is 0 Å². The maximum absolute atomic E-state index is 12.2. The standard InChI is InChI=1S/C16H20ClN3O2/c1-11-8-18-9-14(11)16(22)19-13-3-4-15(17)12(7-13)10-20(2)5-6-21/h3-4,7-9,18,21H,5-6,10H2,1-2H3,(H,19,22). The molecule has 6 heteroatoms. The van der Waals surface area contributed by atoms with Crippen LogP contribution in [0.15, 0.2) is 30.6 Å². The Morgan fingerprint density at radius 3 is 2.82 bits per heavy atom. The van der Waals surface area contributed by atoms with Crippen LogP contribution in [-0.2, 0) is 6.54 Å². The van der Waals surface area contributed by atoms with Crippen molar-refractivity contribution in [3.05, 3.63) is 52.3 Å². The maximum atomic E-state index is 12.2. The highest BCUT2D eigenvalue weighted by Crippen LogP contribution is 2.22. The van der Waals surface area contributed by atoms with Crippen LogP contribution in [-0.4, -0.2) is 41.1 Å². The smallest absolute Gasteiger partial charge is 0.257 e. The van der Waals surface area contributed by atoms with E-state index >= 15 is 0 Å². The summed E-state index contributed by atoms with van der Waals surface area (Å²) in [5.74, 6) is -0.157. The Kier molecular flexibility index (Phi) is 5.60. The fraction of sp³-hybridized carbons (Fsp3) is 0.312. The van der Waals surface area contributed by atoms with E-state index in [9.17, 15) is 4.79 Å². The quantitative estimate of drug-likeness (QED) is 0.766. The molecule has 0 aliphatic carbocycles. The highest BCUT2D eigenvalue weighted by Gasteiger charge is 2.11. The van der Waals surface area contributed by atoms with E-state index in [1.165, 1.54) is 0 Å². The number of H-pyrrole nitrogens is 1. The van der Waals surface area contributed by atoms with E-state index in [0.29, 0.717) is 29.4 Å². The van der Waals surface area contributed by atoms with Crippen LogP contribution in [0.5, 0.6) is 0 Å². The zero-order chi connectivity index (χ0) is 16.1. The number of aromatic amines is 1. The summed E-state index contributed by atoms with van der Waals surface area (Å²) in [5.41, 5.74) is 3.12. The van der Waals surface area contributed by atoms with Crippen molar-refractivity contribution >= 4 is 23.2 Å². The number of anilines is 1. The second kappa shape index (κ2) is 7.45. The molecule has 0 atom stereocenters. The van der Waals surface area contributed by atoms with E-state index in [-0.39, 0.29) is 12.5 Å². The number of hydrogen-bond donors (Lipinski definition) is 3. The molecule has 1 amide bonds. The van der Waals surface area contributed by atoms with Crippen LogP contribution in [0.2, 0.25) is 5.02 Å². The number of nitrogens with one attached hydrogen (secondary N) is 2. The first-order valence-electron chi connectivity index (χ1n) is 7.04. The maximum Gasteiger partial charge on any atom is 0.257 e. The third-order valence-corrected chi connectivity index (χ3v) is 3.79. The Labute approximate surface area is 134 Å². The van der Waals surface area contributed by atoms with E-state index in [1.54, 1.807) is 24.5 Å².